The molecule has 2 amide bonds. The third kappa shape index (κ3) is 3.11. The van der Waals surface area contributed by atoms with Crippen molar-refractivity contribution >= 4 is 28.3 Å². The fraction of sp³-hybridized carbons (Fsp3) is 0.182. The van der Waals surface area contributed by atoms with Gasteiger partial charge in [0.05, 0.1) is 18.7 Å². The second-order valence-corrected chi connectivity index (χ2v) is 6.64. The van der Waals surface area contributed by atoms with Crippen LogP contribution in [0.25, 0.3) is 10.8 Å². The van der Waals surface area contributed by atoms with Gasteiger partial charge in [0.1, 0.15) is 0 Å². The van der Waals surface area contributed by atoms with Gasteiger partial charge in [0.25, 0.3) is 5.91 Å². The largest absolute Gasteiger partial charge is 0.335 e. The lowest BCUT2D eigenvalue weighted by atomic mass is 10.1. The molecule has 4 nitrogen and oxygen atoms in total. The first-order chi connectivity index (χ1) is 12.7. The Morgan fingerprint density at radius 3 is 2.46 bits per heavy atom. The Labute approximate surface area is 152 Å². The maximum absolute atomic E-state index is 12.9. The minimum Gasteiger partial charge on any atom is -0.335 e. The predicted molar refractivity (Wildman–Crippen MR) is 102 cm³/mol. The molecule has 26 heavy (non-hydrogen) atoms. The number of imide groups is 1. The van der Waals surface area contributed by atoms with E-state index in [1.807, 2.05) is 66.0 Å². The van der Waals surface area contributed by atoms with E-state index in [1.165, 1.54) is 10.5 Å². The Balaban J connectivity index is 1.50. The minimum absolute atomic E-state index is 0.112. The number of carbonyl (C=O) groups excluding carboxylic acids is 2. The fourth-order valence-corrected chi connectivity index (χ4v) is 3.59. The summed E-state index contributed by atoms with van der Waals surface area (Å²) >= 11 is 0. The lowest BCUT2D eigenvalue weighted by Crippen LogP contribution is -2.92. The molecule has 0 saturated carbocycles. The summed E-state index contributed by atoms with van der Waals surface area (Å²) in [6.45, 7) is 0.789. The molecule has 0 aromatic heterocycles. The second-order valence-electron chi connectivity index (χ2n) is 6.64. The van der Waals surface area contributed by atoms with Crippen LogP contribution in [0, 0.1) is 0 Å². The quantitative estimate of drug-likeness (QED) is 0.721. The molecule has 130 valence electrons. The number of anilines is 1. The highest BCUT2D eigenvalue weighted by Gasteiger charge is 2.42. The van der Waals surface area contributed by atoms with Gasteiger partial charge in [-0.3, -0.25) is 9.59 Å². The molecular weight excluding hydrogens is 324 g/mol. The number of benzene rings is 3. The number of hydrogen-bond acceptors (Lipinski definition) is 2. The van der Waals surface area contributed by atoms with Gasteiger partial charge in [0.15, 0.2) is 6.04 Å². The van der Waals surface area contributed by atoms with E-state index < -0.39 is 0 Å². The lowest BCUT2D eigenvalue weighted by molar-refractivity contribution is -0.674. The van der Waals surface area contributed by atoms with Crippen molar-refractivity contribution in [2.45, 2.75) is 18.9 Å². The van der Waals surface area contributed by atoms with Gasteiger partial charge in [-0.1, -0.05) is 66.7 Å². The molecule has 0 unspecified atom stereocenters. The third-order valence-electron chi connectivity index (χ3n) is 4.92. The van der Waals surface area contributed by atoms with Gasteiger partial charge in [-0.25, -0.2) is 4.90 Å². The van der Waals surface area contributed by atoms with Gasteiger partial charge in [-0.15, -0.1) is 0 Å². The Bertz CT molecular complexity index is 947. The van der Waals surface area contributed by atoms with Crippen LogP contribution >= 0.6 is 0 Å². The van der Waals surface area contributed by atoms with Crippen LogP contribution in [0.3, 0.4) is 0 Å². The number of rotatable bonds is 5. The first-order valence-electron chi connectivity index (χ1n) is 8.96. The molecule has 3 aromatic rings. The summed E-state index contributed by atoms with van der Waals surface area (Å²) in [6, 6.07) is 23.4. The van der Waals surface area contributed by atoms with E-state index in [-0.39, 0.29) is 24.3 Å². The summed E-state index contributed by atoms with van der Waals surface area (Å²) in [7, 11) is 0. The van der Waals surface area contributed by atoms with E-state index in [0.29, 0.717) is 5.69 Å². The highest BCUT2D eigenvalue weighted by atomic mass is 16.2. The fourth-order valence-electron chi connectivity index (χ4n) is 3.59. The molecule has 4 heteroatoms. The van der Waals surface area contributed by atoms with Crippen LogP contribution in [0.15, 0.2) is 72.8 Å². The number of quaternary nitrogens is 1. The van der Waals surface area contributed by atoms with Gasteiger partial charge >= 0.3 is 0 Å². The van der Waals surface area contributed by atoms with Gasteiger partial charge in [0.2, 0.25) is 5.91 Å². The van der Waals surface area contributed by atoms with Crippen LogP contribution < -0.4 is 10.2 Å². The Morgan fingerprint density at radius 1 is 0.885 bits per heavy atom. The monoisotopic (exact) mass is 345 g/mol. The van der Waals surface area contributed by atoms with E-state index in [2.05, 4.69) is 12.1 Å². The number of carbonyl (C=O) groups is 2. The molecule has 1 aliphatic heterocycles. The van der Waals surface area contributed by atoms with E-state index in [0.717, 1.165) is 23.7 Å². The van der Waals surface area contributed by atoms with Crippen LogP contribution in [0.2, 0.25) is 0 Å². The normalized spacial score (nSPS) is 17.2. The van der Waals surface area contributed by atoms with Crippen LogP contribution in [0.5, 0.6) is 0 Å². The average molecular weight is 345 g/mol. The lowest BCUT2D eigenvalue weighted by Gasteiger charge is -2.16. The minimum atomic E-state index is -0.329. The van der Waals surface area contributed by atoms with Gasteiger partial charge in [-0.2, -0.15) is 0 Å². The van der Waals surface area contributed by atoms with Crippen molar-refractivity contribution in [1.29, 1.82) is 0 Å². The SMILES string of the molecule is O=C1C[C@H]([NH2+]CCc2ccccc2)C(=O)N1c1cccc2ccccc12. The van der Waals surface area contributed by atoms with Crippen molar-refractivity contribution in [3.8, 4) is 0 Å². The second kappa shape index (κ2) is 7.10. The van der Waals surface area contributed by atoms with Crippen molar-refractivity contribution in [1.82, 2.24) is 0 Å². The topological polar surface area (TPSA) is 54.0 Å². The smallest absolute Gasteiger partial charge is 0.292 e. The molecule has 2 N–H and O–H groups in total. The zero-order valence-corrected chi connectivity index (χ0v) is 14.5. The molecule has 4 rings (SSSR count). The van der Waals surface area contributed by atoms with E-state index in [4.69, 9.17) is 0 Å². The Morgan fingerprint density at radius 2 is 1.62 bits per heavy atom. The first-order valence-corrected chi connectivity index (χ1v) is 8.96. The number of nitrogens with two attached hydrogens (primary N) is 1. The third-order valence-corrected chi connectivity index (χ3v) is 4.92. The summed E-state index contributed by atoms with van der Waals surface area (Å²) in [5, 5.41) is 3.96. The maximum atomic E-state index is 12.9. The van der Waals surface area contributed by atoms with Crippen molar-refractivity contribution in [2.75, 3.05) is 11.4 Å². The summed E-state index contributed by atoms with van der Waals surface area (Å²) in [4.78, 5) is 26.8. The molecule has 1 aliphatic rings. The zero-order chi connectivity index (χ0) is 17.9. The molecule has 1 atom stereocenters. The number of fused-ring (bicyclic) bond motifs is 1. The van der Waals surface area contributed by atoms with E-state index in [9.17, 15) is 9.59 Å². The molecule has 0 radical (unpaired) electrons. The van der Waals surface area contributed by atoms with Crippen LogP contribution in [0.4, 0.5) is 5.69 Å². The van der Waals surface area contributed by atoms with Crippen molar-refractivity contribution in [2.24, 2.45) is 0 Å². The molecule has 0 spiro atoms. The van der Waals surface area contributed by atoms with Crippen LogP contribution in [0.1, 0.15) is 12.0 Å². The standard InChI is InChI=1S/C22H20N2O2/c25-21-15-19(23-14-13-16-7-2-1-3-8-16)22(26)24(21)20-12-6-10-17-9-4-5-11-18(17)20/h1-12,19,23H,13-15H2/p+1/t19-/m0/s1. The average Bonchev–Trinajstić information content (AvgIpc) is 2.96. The van der Waals surface area contributed by atoms with Gasteiger partial charge in [-0.05, 0) is 17.0 Å². The summed E-state index contributed by atoms with van der Waals surface area (Å²) in [5.41, 5.74) is 1.93. The molecule has 1 heterocycles. The summed E-state index contributed by atoms with van der Waals surface area (Å²) < 4.78 is 0. The van der Waals surface area contributed by atoms with Crippen molar-refractivity contribution in [3.63, 3.8) is 0 Å². The van der Waals surface area contributed by atoms with Crippen molar-refractivity contribution in [3.05, 3.63) is 78.4 Å². The molecule has 1 fully saturated rings. The Hall–Kier alpha value is -2.98. The van der Waals surface area contributed by atoms with Crippen molar-refractivity contribution < 1.29 is 14.9 Å². The van der Waals surface area contributed by atoms with Crippen LogP contribution in [-0.4, -0.2) is 24.4 Å². The summed E-state index contributed by atoms with van der Waals surface area (Å²) in [5.74, 6) is -0.230. The number of hydrogen-bond donors (Lipinski definition) is 1. The molecule has 1 saturated heterocycles. The summed E-state index contributed by atoms with van der Waals surface area (Å²) in [6.07, 6.45) is 1.14. The predicted octanol–water partition coefficient (Wildman–Crippen LogP) is 2.28. The van der Waals surface area contributed by atoms with Crippen LogP contribution in [-0.2, 0) is 16.0 Å². The molecular formula is C22H21N2O2+. The van der Waals surface area contributed by atoms with Gasteiger partial charge < -0.3 is 5.32 Å². The molecule has 3 aromatic carbocycles. The molecule has 0 bridgehead atoms. The Kier molecular flexibility index (Phi) is 4.50. The van der Waals surface area contributed by atoms with E-state index >= 15 is 0 Å². The maximum Gasteiger partial charge on any atom is 0.292 e. The molecule has 0 aliphatic carbocycles. The highest BCUT2D eigenvalue weighted by Crippen LogP contribution is 2.30. The zero-order valence-electron chi connectivity index (χ0n) is 14.5. The highest BCUT2D eigenvalue weighted by molar-refractivity contribution is 6.24. The number of nitrogens with zero attached hydrogens (tertiary/aromatic N) is 1. The number of amides is 2. The first kappa shape index (κ1) is 16.5. The van der Waals surface area contributed by atoms with E-state index in [1.54, 1.807) is 0 Å². The van der Waals surface area contributed by atoms with Gasteiger partial charge in [0, 0.05) is 11.8 Å².